The van der Waals surface area contributed by atoms with Crippen molar-refractivity contribution >= 4 is 23.2 Å². The van der Waals surface area contributed by atoms with Crippen LogP contribution in [0, 0.1) is 6.92 Å². The predicted molar refractivity (Wildman–Crippen MR) is 87.9 cm³/mol. The van der Waals surface area contributed by atoms with Gasteiger partial charge in [0.15, 0.2) is 0 Å². The predicted octanol–water partition coefficient (Wildman–Crippen LogP) is 2.32. The van der Waals surface area contributed by atoms with Crippen LogP contribution in [0.15, 0.2) is 22.9 Å². The van der Waals surface area contributed by atoms with Crippen molar-refractivity contribution in [2.45, 2.75) is 26.2 Å². The van der Waals surface area contributed by atoms with E-state index in [-0.39, 0.29) is 11.5 Å². The first-order valence-electron chi connectivity index (χ1n) is 7.56. The third-order valence-corrected chi connectivity index (χ3v) is 4.90. The number of carboxylic acids is 1. The van der Waals surface area contributed by atoms with Gasteiger partial charge in [-0.05, 0) is 47.4 Å². The molecule has 0 unspecified atom stereocenters. The van der Waals surface area contributed by atoms with Gasteiger partial charge >= 0.3 is 5.97 Å². The van der Waals surface area contributed by atoms with E-state index >= 15 is 0 Å². The van der Waals surface area contributed by atoms with Crippen LogP contribution in [-0.4, -0.2) is 40.0 Å². The number of amides is 1. The summed E-state index contributed by atoms with van der Waals surface area (Å²) in [6.45, 7) is 2.96. The van der Waals surface area contributed by atoms with Gasteiger partial charge in [-0.2, -0.15) is 11.3 Å². The maximum absolute atomic E-state index is 12.4. The largest absolute Gasteiger partial charge is 0.478 e. The van der Waals surface area contributed by atoms with Gasteiger partial charge in [-0.15, -0.1) is 0 Å². The smallest absolute Gasteiger partial charge is 0.337 e. The molecule has 1 aliphatic rings. The number of rotatable bonds is 3. The molecule has 3 heterocycles. The summed E-state index contributed by atoms with van der Waals surface area (Å²) in [5.74, 6) is -0.834. The molecule has 0 radical (unpaired) electrons. The molecule has 2 aromatic heterocycles. The summed E-state index contributed by atoms with van der Waals surface area (Å²) >= 11 is 1.59. The molecule has 23 heavy (non-hydrogen) atoms. The van der Waals surface area contributed by atoms with E-state index in [1.54, 1.807) is 24.3 Å². The fourth-order valence-electron chi connectivity index (χ4n) is 2.88. The van der Waals surface area contributed by atoms with E-state index in [2.05, 4.69) is 4.98 Å². The van der Waals surface area contributed by atoms with Crippen LogP contribution in [-0.2, 0) is 24.1 Å². The molecule has 0 aliphatic carbocycles. The first-order valence-corrected chi connectivity index (χ1v) is 8.50. The molecule has 1 aliphatic heterocycles. The van der Waals surface area contributed by atoms with E-state index < -0.39 is 5.97 Å². The maximum atomic E-state index is 12.4. The Kier molecular flexibility index (Phi) is 4.43. The number of aryl methyl sites for hydroxylation is 1. The van der Waals surface area contributed by atoms with Crippen molar-refractivity contribution in [2.75, 3.05) is 13.1 Å². The van der Waals surface area contributed by atoms with Crippen molar-refractivity contribution in [3.63, 3.8) is 0 Å². The molecule has 0 atom stereocenters. The molecule has 0 spiro atoms. The van der Waals surface area contributed by atoms with Crippen LogP contribution < -0.4 is 0 Å². The van der Waals surface area contributed by atoms with Gasteiger partial charge in [0.05, 0.1) is 17.7 Å². The number of thiophene rings is 1. The molecular weight excluding hydrogens is 312 g/mol. The van der Waals surface area contributed by atoms with E-state index in [1.165, 1.54) is 0 Å². The Morgan fingerprint density at radius 2 is 2.13 bits per heavy atom. The summed E-state index contributed by atoms with van der Waals surface area (Å²) in [6.07, 6.45) is 1.75. The average Bonchev–Trinajstić information content (AvgIpc) is 2.92. The lowest BCUT2D eigenvalue weighted by atomic mass is 10.0. The molecule has 1 amide bonds. The van der Waals surface area contributed by atoms with Crippen molar-refractivity contribution in [1.29, 1.82) is 0 Å². The first kappa shape index (κ1) is 15.7. The normalized spacial score (nSPS) is 14.2. The molecule has 0 fully saturated rings. The third kappa shape index (κ3) is 3.42. The Morgan fingerprint density at radius 3 is 2.83 bits per heavy atom. The number of carbonyl (C=O) groups excluding carboxylic acids is 1. The van der Waals surface area contributed by atoms with E-state index in [9.17, 15) is 14.7 Å². The number of carboxylic acid groups (broad SMARTS) is 1. The molecule has 0 saturated heterocycles. The Labute approximate surface area is 138 Å². The van der Waals surface area contributed by atoms with E-state index in [1.807, 2.05) is 21.7 Å². The Hall–Kier alpha value is -2.21. The van der Waals surface area contributed by atoms with Crippen LogP contribution >= 0.6 is 11.3 Å². The van der Waals surface area contributed by atoms with Crippen molar-refractivity contribution in [3.05, 3.63) is 51.0 Å². The van der Waals surface area contributed by atoms with Crippen LogP contribution in [0.5, 0.6) is 0 Å². The lowest BCUT2D eigenvalue weighted by Gasteiger charge is -2.19. The van der Waals surface area contributed by atoms with Gasteiger partial charge in [0.1, 0.15) is 0 Å². The molecule has 3 rings (SSSR count). The van der Waals surface area contributed by atoms with Gasteiger partial charge in [-0.25, -0.2) is 4.79 Å². The maximum Gasteiger partial charge on any atom is 0.337 e. The van der Waals surface area contributed by atoms with E-state index in [0.717, 1.165) is 16.8 Å². The Bertz CT molecular complexity index is 741. The monoisotopic (exact) mass is 330 g/mol. The first-order chi connectivity index (χ1) is 11.0. The molecule has 120 valence electrons. The summed E-state index contributed by atoms with van der Waals surface area (Å²) in [7, 11) is 0. The summed E-state index contributed by atoms with van der Waals surface area (Å²) < 4.78 is 0. The van der Waals surface area contributed by atoms with Crippen LogP contribution in [0.1, 0.15) is 32.9 Å². The van der Waals surface area contributed by atoms with Crippen LogP contribution in [0.3, 0.4) is 0 Å². The van der Waals surface area contributed by atoms with Crippen LogP contribution in [0.2, 0.25) is 0 Å². The summed E-state index contributed by atoms with van der Waals surface area (Å²) in [5, 5.41) is 13.2. The molecule has 6 heteroatoms. The molecule has 0 aromatic carbocycles. The fourth-order valence-corrected chi connectivity index (χ4v) is 3.55. The summed E-state index contributed by atoms with van der Waals surface area (Å²) in [4.78, 5) is 30.0. The van der Waals surface area contributed by atoms with Crippen molar-refractivity contribution < 1.29 is 14.7 Å². The van der Waals surface area contributed by atoms with Gasteiger partial charge in [-0.3, -0.25) is 9.78 Å². The second-order valence-electron chi connectivity index (χ2n) is 5.72. The van der Waals surface area contributed by atoms with Crippen molar-refractivity contribution in [2.24, 2.45) is 0 Å². The SMILES string of the molecule is Cc1nc2c(cc1C(=O)O)CCN(C(=O)Cc1ccsc1)CC2. The second-order valence-corrected chi connectivity index (χ2v) is 6.50. The van der Waals surface area contributed by atoms with Gasteiger partial charge in [0.2, 0.25) is 5.91 Å². The highest BCUT2D eigenvalue weighted by molar-refractivity contribution is 7.08. The fraction of sp³-hybridized carbons (Fsp3) is 0.353. The lowest BCUT2D eigenvalue weighted by molar-refractivity contribution is -0.130. The zero-order valence-corrected chi connectivity index (χ0v) is 13.7. The van der Waals surface area contributed by atoms with Crippen molar-refractivity contribution in [3.8, 4) is 0 Å². The highest BCUT2D eigenvalue weighted by Gasteiger charge is 2.21. The zero-order chi connectivity index (χ0) is 16.4. The molecular formula is C17H18N2O3S. The number of aromatic nitrogens is 1. The van der Waals surface area contributed by atoms with Gasteiger partial charge in [-0.1, -0.05) is 0 Å². The van der Waals surface area contributed by atoms with Crippen molar-refractivity contribution in [1.82, 2.24) is 9.88 Å². The third-order valence-electron chi connectivity index (χ3n) is 4.17. The van der Waals surface area contributed by atoms with Gasteiger partial charge in [0, 0.05) is 25.2 Å². The minimum atomic E-state index is -0.951. The Morgan fingerprint density at radius 1 is 1.35 bits per heavy atom. The highest BCUT2D eigenvalue weighted by Crippen LogP contribution is 2.19. The standard InChI is InChI=1S/C17H18N2O3S/c1-11-14(17(21)22)9-13-2-5-19(6-3-15(13)18-11)16(20)8-12-4-7-23-10-12/h4,7,9-10H,2-3,5-6,8H2,1H3,(H,21,22). The van der Waals surface area contributed by atoms with Crippen LogP contribution in [0.4, 0.5) is 0 Å². The molecule has 1 N–H and O–H groups in total. The number of fused-ring (bicyclic) bond motifs is 1. The quantitative estimate of drug-likeness (QED) is 0.937. The minimum absolute atomic E-state index is 0.117. The zero-order valence-electron chi connectivity index (χ0n) is 12.9. The molecule has 2 aromatic rings. The number of hydrogen-bond donors (Lipinski definition) is 1. The number of carbonyl (C=O) groups is 2. The molecule has 5 nitrogen and oxygen atoms in total. The van der Waals surface area contributed by atoms with Gasteiger partial charge < -0.3 is 10.0 Å². The number of aromatic carboxylic acids is 1. The number of nitrogens with zero attached hydrogens (tertiary/aromatic N) is 2. The lowest BCUT2D eigenvalue weighted by Crippen LogP contribution is -2.34. The highest BCUT2D eigenvalue weighted by atomic mass is 32.1. The summed E-state index contributed by atoms with van der Waals surface area (Å²) in [5.41, 5.74) is 3.69. The summed E-state index contributed by atoms with van der Waals surface area (Å²) in [6, 6.07) is 3.69. The topological polar surface area (TPSA) is 70.5 Å². The van der Waals surface area contributed by atoms with E-state index in [0.29, 0.717) is 38.0 Å². The molecule has 0 saturated carbocycles. The average molecular weight is 330 g/mol. The number of pyridine rings is 1. The second kappa shape index (κ2) is 6.50. The Balaban J connectivity index is 1.74. The van der Waals surface area contributed by atoms with Crippen LogP contribution in [0.25, 0.3) is 0 Å². The van der Waals surface area contributed by atoms with E-state index in [4.69, 9.17) is 0 Å². The molecule has 0 bridgehead atoms. The minimum Gasteiger partial charge on any atom is -0.478 e. The van der Waals surface area contributed by atoms with Gasteiger partial charge in [0.25, 0.3) is 0 Å². The number of hydrogen-bond acceptors (Lipinski definition) is 4.